The van der Waals surface area contributed by atoms with Crippen LogP contribution >= 0.6 is 0 Å². The second kappa shape index (κ2) is 5.16. The molecule has 0 aliphatic carbocycles. The van der Waals surface area contributed by atoms with Gasteiger partial charge in [0.2, 0.25) is 0 Å². The molecule has 5 heteroatoms. The monoisotopic (exact) mass is 229 g/mol. The van der Waals surface area contributed by atoms with Gasteiger partial charge in [-0.15, -0.1) is 0 Å². The summed E-state index contributed by atoms with van der Waals surface area (Å²) in [6.45, 7) is 0.438. The van der Waals surface area contributed by atoms with Gasteiger partial charge in [-0.3, -0.25) is 14.5 Å². The molecule has 17 heavy (non-hydrogen) atoms. The van der Waals surface area contributed by atoms with Crippen LogP contribution in [-0.4, -0.2) is 33.5 Å². The number of imide groups is 1. The van der Waals surface area contributed by atoms with Crippen molar-refractivity contribution in [1.82, 2.24) is 15.1 Å². The normalized spacial score (nSPS) is 15.5. The largest absolute Gasteiger partial charge is 0.275 e. The van der Waals surface area contributed by atoms with E-state index in [2.05, 4.69) is 10.2 Å². The Morgan fingerprint density at radius 1 is 1.41 bits per heavy atom. The van der Waals surface area contributed by atoms with Crippen molar-refractivity contribution in [2.75, 3.05) is 6.54 Å². The number of hydrogen-bond acceptors (Lipinski definition) is 4. The molecular formula is C12H11N3O2. The molecule has 0 N–H and O–H groups in total. The highest BCUT2D eigenvalue weighted by Gasteiger charge is 2.18. The molecule has 0 atom stereocenters. The summed E-state index contributed by atoms with van der Waals surface area (Å²) in [4.78, 5) is 24.4. The number of amides is 2. The van der Waals surface area contributed by atoms with E-state index in [1.165, 1.54) is 17.1 Å². The van der Waals surface area contributed by atoms with Gasteiger partial charge in [0.15, 0.2) is 0 Å². The quantitative estimate of drug-likeness (QED) is 0.704. The Bertz CT molecular complexity index is 480. The third-order valence-electron chi connectivity index (χ3n) is 2.34. The van der Waals surface area contributed by atoms with Crippen LogP contribution in [-0.2, 0) is 9.59 Å². The lowest BCUT2D eigenvalue weighted by molar-refractivity contribution is -0.139. The second-order valence-corrected chi connectivity index (χ2v) is 3.53. The average molecular weight is 229 g/mol. The minimum absolute atomic E-state index is 0.265. The van der Waals surface area contributed by atoms with Crippen molar-refractivity contribution in [3.63, 3.8) is 0 Å². The fourth-order valence-electron chi connectivity index (χ4n) is 1.46. The first-order valence-electron chi connectivity index (χ1n) is 5.24. The van der Waals surface area contributed by atoms with Crippen LogP contribution in [0.2, 0.25) is 0 Å². The summed E-state index contributed by atoms with van der Waals surface area (Å²) in [5.74, 6) is -0.574. The van der Waals surface area contributed by atoms with Gasteiger partial charge in [-0.2, -0.15) is 10.2 Å². The van der Waals surface area contributed by atoms with E-state index in [0.717, 1.165) is 5.56 Å². The molecule has 0 bridgehead atoms. The summed E-state index contributed by atoms with van der Waals surface area (Å²) in [5, 5.41) is 7.32. The van der Waals surface area contributed by atoms with Gasteiger partial charge in [0.05, 0.1) is 12.4 Å². The number of carbonyl (C=O) groups excluding carboxylic acids is 2. The maximum atomic E-state index is 11.7. The SMILES string of the molecule is O=C1C=CCCN1C(=O)/C=C/c1ccnnc1. The van der Waals surface area contributed by atoms with Gasteiger partial charge in [-0.25, -0.2) is 0 Å². The van der Waals surface area contributed by atoms with Crippen molar-refractivity contribution < 1.29 is 9.59 Å². The molecule has 86 valence electrons. The third kappa shape index (κ3) is 2.84. The van der Waals surface area contributed by atoms with E-state index in [1.54, 1.807) is 30.6 Å². The van der Waals surface area contributed by atoms with Gasteiger partial charge in [-0.1, -0.05) is 6.08 Å². The summed E-state index contributed by atoms with van der Waals surface area (Å²) in [6.07, 6.45) is 9.96. The molecule has 0 radical (unpaired) electrons. The highest BCUT2D eigenvalue weighted by molar-refractivity contribution is 6.06. The minimum Gasteiger partial charge on any atom is -0.275 e. The van der Waals surface area contributed by atoms with Crippen molar-refractivity contribution in [3.8, 4) is 0 Å². The third-order valence-corrected chi connectivity index (χ3v) is 2.34. The van der Waals surface area contributed by atoms with Gasteiger partial charge < -0.3 is 0 Å². The standard InChI is InChI=1S/C12H11N3O2/c16-11-3-1-2-8-15(11)12(17)5-4-10-6-7-13-14-9-10/h1,3-7,9H,2,8H2/b5-4+. The van der Waals surface area contributed by atoms with E-state index in [1.807, 2.05) is 0 Å². The number of rotatable bonds is 2. The van der Waals surface area contributed by atoms with Gasteiger partial charge in [-0.05, 0) is 30.2 Å². The molecule has 0 aromatic carbocycles. The Kier molecular flexibility index (Phi) is 3.40. The lowest BCUT2D eigenvalue weighted by Crippen LogP contribution is -2.37. The lowest BCUT2D eigenvalue weighted by Gasteiger charge is -2.19. The van der Waals surface area contributed by atoms with Crippen LogP contribution < -0.4 is 0 Å². The lowest BCUT2D eigenvalue weighted by atomic mass is 10.2. The Morgan fingerprint density at radius 2 is 2.29 bits per heavy atom. The zero-order valence-electron chi connectivity index (χ0n) is 9.11. The molecule has 0 unspecified atom stereocenters. The molecule has 2 amide bonds. The molecule has 0 spiro atoms. The predicted octanol–water partition coefficient (Wildman–Crippen LogP) is 0.805. The maximum Gasteiger partial charge on any atom is 0.253 e. The second-order valence-electron chi connectivity index (χ2n) is 3.53. The Labute approximate surface area is 98.5 Å². The van der Waals surface area contributed by atoms with Crippen molar-refractivity contribution >= 4 is 17.9 Å². The molecule has 1 aliphatic heterocycles. The topological polar surface area (TPSA) is 63.2 Å². The van der Waals surface area contributed by atoms with Crippen LogP contribution in [0.3, 0.4) is 0 Å². The Hall–Kier alpha value is -2.30. The molecule has 0 fully saturated rings. The summed E-state index contributed by atoms with van der Waals surface area (Å²) in [6, 6.07) is 1.73. The van der Waals surface area contributed by atoms with E-state index in [-0.39, 0.29) is 11.8 Å². The predicted molar refractivity (Wildman–Crippen MR) is 61.5 cm³/mol. The van der Waals surface area contributed by atoms with Crippen molar-refractivity contribution in [2.45, 2.75) is 6.42 Å². The fraction of sp³-hybridized carbons (Fsp3) is 0.167. The number of carbonyl (C=O) groups is 2. The minimum atomic E-state index is -0.309. The summed E-state index contributed by atoms with van der Waals surface area (Å²) in [7, 11) is 0. The number of aromatic nitrogens is 2. The maximum absolute atomic E-state index is 11.7. The molecule has 0 saturated carbocycles. The zero-order valence-corrected chi connectivity index (χ0v) is 9.11. The molecular weight excluding hydrogens is 218 g/mol. The highest BCUT2D eigenvalue weighted by Crippen LogP contribution is 2.05. The van der Waals surface area contributed by atoms with Gasteiger partial charge in [0.25, 0.3) is 11.8 Å². The van der Waals surface area contributed by atoms with E-state index in [4.69, 9.17) is 0 Å². The first-order valence-corrected chi connectivity index (χ1v) is 5.24. The van der Waals surface area contributed by atoms with Gasteiger partial charge >= 0.3 is 0 Å². The first kappa shape index (κ1) is 11.2. The van der Waals surface area contributed by atoms with Crippen LogP contribution in [0.25, 0.3) is 6.08 Å². The van der Waals surface area contributed by atoms with E-state index in [9.17, 15) is 9.59 Å². The molecule has 1 aromatic rings. The van der Waals surface area contributed by atoms with Crippen LogP contribution in [0, 0.1) is 0 Å². The van der Waals surface area contributed by atoms with Gasteiger partial charge in [0, 0.05) is 12.6 Å². The fourth-order valence-corrected chi connectivity index (χ4v) is 1.46. The Morgan fingerprint density at radius 3 is 3.00 bits per heavy atom. The van der Waals surface area contributed by atoms with E-state index in [0.29, 0.717) is 13.0 Å². The van der Waals surface area contributed by atoms with E-state index >= 15 is 0 Å². The highest BCUT2D eigenvalue weighted by atomic mass is 16.2. The molecule has 2 heterocycles. The molecule has 1 aromatic heterocycles. The first-order chi connectivity index (χ1) is 8.27. The van der Waals surface area contributed by atoms with Crippen molar-refractivity contribution in [1.29, 1.82) is 0 Å². The van der Waals surface area contributed by atoms with Crippen LogP contribution in [0.15, 0.2) is 36.7 Å². The summed E-state index contributed by atoms with van der Waals surface area (Å²) in [5.41, 5.74) is 0.772. The zero-order chi connectivity index (χ0) is 12.1. The summed E-state index contributed by atoms with van der Waals surface area (Å²) >= 11 is 0. The molecule has 0 saturated heterocycles. The number of nitrogens with zero attached hydrogens (tertiary/aromatic N) is 3. The Balaban J connectivity index is 2.04. The van der Waals surface area contributed by atoms with Crippen LogP contribution in [0.5, 0.6) is 0 Å². The smallest absolute Gasteiger partial charge is 0.253 e. The average Bonchev–Trinajstić information content (AvgIpc) is 2.38. The van der Waals surface area contributed by atoms with E-state index < -0.39 is 0 Å². The summed E-state index contributed by atoms with van der Waals surface area (Å²) < 4.78 is 0. The van der Waals surface area contributed by atoms with Crippen molar-refractivity contribution in [2.24, 2.45) is 0 Å². The van der Waals surface area contributed by atoms with Crippen molar-refractivity contribution in [3.05, 3.63) is 42.3 Å². The molecule has 5 nitrogen and oxygen atoms in total. The van der Waals surface area contributed by atoms with Crippen LogP contribution in [0.4, 0.5) is 0 Å². The van der Waals surface area contributed by atoms with Gasteiger partial charge in [0.1, 0.15) is 0 Å². The molecule has 2 rings (SSSR count). The number of hydrogen-bond donors (Lipinski definition) is 0. The van der Waals surface area contributed by atoms with Crippen LogP contribution in [0.1, 0.15) is 12.0 Å². The molecule has 1 aliphatic rings.